The molecule has 112 valence electrons. The molecule has 1 fully saturated rings. The van der Waals surface area contributed by atoms with Crippen LogP contribution in [0.2, 0.25) is 0 Å². The second-order valence-corrected chi connectivity index (χ2v) is 6.24. The van der Waals surface area contributed by atoms with E-state index in [2.05, 4.69) is 34.7 Å². The lowest BCUT2D eigenvalue weighted by atomic mass is 10.0. The molecule has 1 heterocycles. The van der Waals surface area contributed by atoms with E-state index in [9.17, 15) is 4.79 Å². The van der Waals surface area contributed by atoms with Gasteiger partial charge in [0.1, 0.15) is 10.6 Å². The molecule has 2 nitrogen and oxygen atoms in total. The minimum atomic E-state index is 0.0531. The van der Waals surface area contributed by atoms with Gasteiger partial charge in [0.05, 0.1) is 7.11 Å². The Morgan fingerprint density at radius 2 is 1.86 bits per heavy atom. The number of alkyl halides is 1. The number of hydrogen-bond acceptors (Lipinski definition) is 3. The number of aryl methyl sites for hydroxylation is 1. The Kier molecular flexibility index (Phi) is 5.81. The van der Waals surface area contributed by atoms with Crippen molar-refractivity contribution in [1.29, 1.82) is 0 Å². The first-order valence-corrected chi connectivity index (χ1v) is 9.83. The number of rotatable bonds is 4. The molecule has 0 saturated heterocycles. The van der Waals surface area contributed by atoms with Gasteiger partial charge in [-0.2, -0.15) is 0 Å². The van der Waals surface area contributed by atoms with Crippen LogP contribution in [0.15, 0.2) is 30.3 Å². The summed E-state index contributed by atoms with van der Waals surface area (Å²) in [5.74, 6) is 1.46. The van der Waals surface area contributed by atoms with Crippen LogP contribution in [0.4, 0.5) is 0 Å². The van der Waals surface area contributed by atoms with Gasteiger partial charge in [-0.25, -0.2) is 0 Å². The molecule has 3 rings (SSSR count). The molecule has 2 aromatic rings. The number of halogens is 1. The summed E-state index contributed by atoms with van der Waals surface area (Å²) in [6, 6.07) is 9.95. The van der Waals surface area contributed by atoms with E-state index in [1.165, 1.54) is 29.7 Å². The smallest absolute Gasteiger partial charge is 0.206 e. The number of carbonyl (C=O) groups excluding carboxylic acids is 1. The van der Waals surface area contributed by atoms with E-state index < -0.39 is 0 Å². The molecule has 1 aromatic heterocycles. The van der Waals surface area contributed by atoms with Gasteiger partial charge in [0.15, 0.2) is 0 Å². The molecule has 0 amide bonds. The fourth-order valence-corrected chi connectivity index (χ4v) is 3.20. The fourth-order valence-electron chi connectivity index (χ4n) is 2.26. The Morgan fingerprint density at radius 1 is 1.24 bits per heavy atom. The van der Waals surface area contributed by atoms with E-state index in [1.54, 1.807) is 7.11 Å². The monoisotopic (exact) mass is 414 g/mol. The van der Waals surface area contributed by atoms with Gasteiger partial charge >= 0.3 is 0 Å². The summed E-state index contributed by atoms with van der Waals surface area (Å²) in [4.78, 5) is 16.2. The van der Waals surface area contributed by atoms with Crippen LogP contribution in [0.5, 0.6) is 5.75 Å². The van der Waals surface area contributed by atoms with Crippen LogP contribution in [0.3, 0.4) is 0 Å². The Hall–Kier alpha value is -0.880. The molecule has 0 unspecified atom stereocenters. The Balaban J connectivity index is 0.000000774. The first kappa shape index (κ1) is 16.5. The molecule has 0 spiro atoms. The molecular weight excluding hydrogens is 395 g/mol. The third-order valence-electron chi connectivity index (χ3n) is 3.47. The summed E-state index contributed by atoms with van der Waals surface area (Å²) >= 11 is 3.64. The molecule has 21 heavy (non-hydrogen) atoms. The molecule has 1 aliphatic carbocycles. The zero-order valence-corrected chi connectivity index (χ0v) is 15.5. The number of methoxy groups -OCH3 is 1. The summed E-state index contributed by atoms with van der Waals surface area (Å²) < 4.78 is 5.27. The van der Waals surface area contributed by atoms with Crippen LogP contribution in [0.25, 0.3) is 0 Å². The van der Waals surface area contributed by atoms with E-state index >= 15 is 0 Å². The van der Waals surface area contributed by atoms with Gasteiger partial charge in [0.2, 0.25) is 5.78 Å². The lowest BCUT2D eigenvalue weighted by molar-refractivity contribution is 0.104. The highest BCUT2D eigenvalue weighted by Gasteiger charge is 2.24. The fraction of sp³-hybridized carbons (Fsp3) is 0.353. The van der Waals surface area contributed by atoms with Crippen molar-refractivity contribution >= 4 is 39.7 Å². The molecule has 4 heteroatoms. The first-order chi connectivity index (χ1) is 10.2. The lowest BCUT2D eigenvalue weighted by Gasteiger charge is -2.03. The number of hydrogen-bond donors (Lipinski definition) is 0. The van der Waals surface area contributed by atoms with Crippen LogP contribution >= 0.6 is 33.9 Å². The van der Waals surface area contributed by atoms with Gasteiger partial charge in [-0.15, -0.1) is 11.3 Å². The van der Waals surface area contributed by atoms with Gasteiger partial charge in [0, 0.05) is 10.4 Å². The van der Waals surface area contributed by atoms with E-state index in [4.69, 9.17) is 4.74 Å². The molecule has 0 radical (unpaired) electrons. The van der Waals surface area contributed by atoms with Crippen molar-refractivity contribution in [3.8, 4) is 5.75 Å². The Morgan fingerprint density at radius 3 is 2.38 bits per heavy atom. The maximum Gasteiger partial charge on any atom is 0.206 e. The van der Waals surface area contributed by atoms with E-state index in [1.807, 2.05) is 30.1 Å². The molecule has 1 aromatic carbocycles. The van der Waals surface area contributed by atoms with Crippen molar-refractivity contribution in [2.45, 2.75) is 25.7 Å². The van der Waals surface area contributed by atoms with Crippen molar-refractivity contribution in [3.63, 3.8) is 0 Å². The molecule has 0 aliphatic heterocycles. The number of ketones is 1. The molecule has 0 N–H and O–H groups in total. The Labute approximate surface area is 143 Å². The maximum absolute atomic E-state index is 12.5. The van der Waals surface area contributed by atoms with Crippen molar-refractivity contribution in [2.75, 3.05) is 12.0 Å². The largest absolute Gasteiger partial charge is 0.495 e. The van der Waals surface area contributed by atoms with Crippen molar-refractivity contribution < 1.29 is 9.53 Å². The van der Waals surface area contributed by atoms with Crippen molar-refractivity contribution in [1.82, 2.24) is 0 Å². The number of ether oxygens (including phenoxy) is 1. The highest BCUT2D eigenvalue weighted by Crippen LogP contribution is 2.40. The quantitative estimate of drug-likeness (QED) is 0.389. The molecular formula is C17H19IO2S. The normalized spacial score (nSPS) is 13.3. The van der Waals surface area contributed by atoms with E-state index in [0.717, 1.165) is 16.4 Å². The van der Waals surface area contributed by atoms with Gasteiger partial charge in [-0.3, -0.25) is 4.79 Å². The summed E-state index contributed by atoms with van der Waals surface area (Å²) in [5, 5.41) is 0. The SMILES string of the molecule is CI.COc1cc(C)sc1C(=O)c1ccc(C2CC2)cc1. The average Bonchev–Trinajstić information content (AvgIpc) is 3.31. The molecule has 1 saturated carbocycles. The van der Waals surface area contributed by atoms with Crippen LogP contribution < -0.4 is 4.74 Å². The van der Waals surface area contributed by atoms with Crippen molar-refractivity contribution in [2.24, 2.45) is 0 Å². The zero-order valence-electron chi connectivity index (χ0n) is 12.5. The van der Waals surface area contributed by atoms with E-state index in [-0.39, 0.29) is 5.78 Å². The highest BCUT2D eigenvalue weighted by molar-refractivity contribution is 14.1. The molecule has 0 bridgehead atoms. The molecule has 0 atom stereocenters. The second kappa shape index (κ2) is 7.40. The summed E-state index contributed by atoms with van der Waals surface area (Å²) in [6.07, 6.45) is 2.57. The van der Waals surface area contributed by atoms with Crippen LogP contribution in [-0.2, 0) is 0 Å². The van der Waals surface area contributed by atoms with Gasteiger partial charge < -0.3 is 4.74 Å². The summed E-state index contributed by atoms with van der Waals surface area (Å²) in [6.45, 7) is 1.99. The zero-order chi connectivity index (χ0) is 15.4. The minimum Gasteiger partial charge on any atom is -0.495 e. The highest BCUT2D eigenvalue weighted by atomic mass is 127. The number of benzene rings is 1. The minimum absolute atomic E-state index is 0.0531. The van der Waals surface area contributed by atoms with Gasteiger partial charge in [-0.1, -0.05) is 46.9 Å². The average molecular weight is 414 g/mol. The lowest BCUT2D eigenvalue weighted by Crippen LogP contribution is -2.00. The number of carbonyl (C=O) groups is 1. The second-order valence-electron chi connectivity index (χ2n) is 4.98. The van der Waals surface area contributed by atoms with Gasteiger partial charge in [0.25, 0.3) is 0 Å². The summed E-state index contributed by atoms with van der Waals surface area (Å²) in [7, 11) is 1.61. The molecule has 1 aliphatic rings. The van der Waals surface area contributed by atoms with Crippen molar-refractivity contribution in [3.05, 3.63) is 51.2 Å². The maximum atomic E-state index is 12.5. The first-order valence-electron chi connectivity index (χ1n) is 6.86. The van der Waals surface area contributed by atoms with E-state index in [0.29, 0.717) is 10.6 Å². The van der Waals surface area contributed by atoms with Crippen LogP contribution in [-0.4, -0.2) is 17.8 Å². The third kappa shape index (κ3) is 3.86. The predicted molar refractivity (Wildman–Crippen MR) is 97.4 cm³/mol. The Bertz CT molecular complexity index is 612. The van der Waals surface area contributed by atoms with Gasteiger partial charge in [-0.05, 0) is 42.2 Å². The summed E-state index contributed by atoms with van der Waals surface area (Å²) in [5.41, 5.74) is 2.09. The number of thiophene rings is 1. The standard InChI is InChI=1S/C16H16O2S.CH3I/c1-10-9-14(18-2)16(19-10)15(17)13-7-5-12(6-8-13)11-3-4-11;1-2/h5-9,11H,3-4H2,1-2H3;1H3. The predicted octanol–water partition coefficient (Wildman–Crippen LogP) is 5.22. The topological polar surface area (TPSA) is 26.3 Å². The van der Waals surface area contributed by atoms with Crippen LogP contribution in [0.1, 0.15) is 44.4 Å². The third-order valence-corrected chi connectivity index (χ3v) is 4.50. The van der Waals surface area contributed by atoms with Crippen LogP contribution in [0, 0.1) is 6.92 Å².